The van der Waals surface area contributed by atoms with E-state index in [1.807, 2.05) is 0 Å². The molecule has 0 aromatic heterocycles. The zero-order valence-electron chi connectivity index (χ0n) is 7.10. The van der Waals surface area contributed by atoms with Gasteiger partial charge in [0.05, 0.1) is 12.6 Å². The molecule has 0 aromatic rings. The highest BCUT2D eigenvalue weighted by Gasteiger charge is 2.32. The first-order chi connectivity index (χ1) is 6.41. The Balaban J connectivity index is 4.33. The van der Waals surface area contributed by atoms with Gasteiger partial charge in [-0.3, -0.25) is 0 Å². The maximum atomic E-state index is 11.6. The minimum Gasteiger partial charge on any atom is -0.796 e. The van der Waals surface area contributed by atoms with E-state index in [-0.39, 0.29) is 11.9 Å². The largest absolute Gasteiger partial charge is 0.796 e. The fraction of sp³-hybridized carbons (Fsp3) is 0.667. The number of rotatable bonds is 3. The van der Waals surface area contributed by atoms with Gasteiger partial charge in [0, 0.05) is 7.37 Å². The second-order valence-electron chi connectivity index (χ2n) is 2.70. The summed E-state index contributed by atoms with van der Waals surface area (Å²) in [7, 11) is -4.96. The van der Waals surface area contributed by atoms with E-state index >= 15 is 0 Å². The summed E-state index contributed by atoms with van der Waals surface area (Å²) in [4.78, 5) is 10.6. The lowest BCUT2D eigenvalue weighted by Crippen LogP contribution is -2.18. The Morgan fingerprint density at radius 3 is 1.87 bits per heavy atom. The maximum Gasteiger partial charge on any atom is 0.394 e. The van der Waals surface area contributed by atoms with Crippen LogP contribution in [0.5, 0.6) is 0 Å². The van der Waals surface area contributed by atoms with E-state index in [0.29, 0.717) is 0 Å². The van der Waals surface area contributed by atoms with Crippen LogP contribution in [0.25, 0.3) is 0 Å². The Labute approximate surface area is 81.0 Å². The van der Waals surface area contributed by atoms with E-state index in [1.165, 1.54) is 0 Å². The quantitative estimate of drug-likeness (QED) is 0.574. The van der Waals surface area contributed by atoms with Crippen LogP contribution >= 0.6 is 7.37 Å². The molecule has 90 valence electrons. The van der Waals surface area contributed by atoms with Gasteiger partial charge in [0.15, 0.2) is 0 Å². The van der Waals surface area contributed by atoms with Crippen molar-refractivity contribution in [3.8, 4) is 0 Å². The summed E-state index contributed by atoms with van der Waals surface area (Å²) in [5.74, 6) is -0.0476. The Bertz CT molecular complexity index is 278. The van der Waals surface area contributed by atoms with Crippen LogP contribution in [-0.4, -0.2) is 18.5 Å². The van der Waals surface area contributed by atoms with Crippen molar-refractivity contribution in [1.29, 1.82) is 0 Å². The molecule has 9 heteroatoms. The van der Waals surface area contributed by atoms with E-state index in [1.54, 1.807) is 0 Å². The van der Waals surface area contributed by atoms with Crippen molar-refractivity contribution >= 4 is 7.37 Å². The standard InChI is InChI=1S/C6H7F6O2P/c7-5(8,9)2-1-3-15(13,14)4-6(10,11)12/h1,3H,2,4H2,(H,13,14)/p-1. The molecule has 2 nitrogen and oxygen atoms in total. The molecule has 0 aliphatic carbocycles. The normalized spacial score (nSPS) is 18.1. The van der Waals surface area contributed by atoms with Gasteiger partial charge < -0.3 is 9.46 Å². The molecule has 0 bridgehead atoms. The molecular weight excluding hydrogens is 249 g/mol. The van der Waals surface area contributed by atoms with Gasteiger partial charge >= 0.3 is 12.4 Å². The van der Waals surface area contributed by atoms with Gasteiger partial charge in [-0.2, -0.15) is 26.3 Å². The van der Waals surface area contributed by atoms with Crippen molar-refractivity contribution in [3.05, 3.63) is 11.9 Å². The lowest BCUT2D eigenvalue weighted by molar-refractivity contribution is -0.182. The summed E-state index contributed by atoms with van der Waals surface area (Å²) in [6.07, 6.45) is -13.1. The molecule has 1 atom stereocenters. The Morgan fingerprint density at radius 1 is 1.07 bits per heavy atom. The van der Waals surface area contributed by atoms with Gasteiger partial charge in [0.1, 0.15) is 0 Å². The summed E-state index contributed by atoms with van der Waals surface area (Å²) >= 11 is 0. The van der Waals surface area contributed by atoms with Crippen LogP contribution in [0, 0.1) is 0 Å². The number of hydrogen-bond donors (Lipinski definition) is 0. The van der Waals surface area contributed by atoms with Crippen molar-refractivity contribution in [2.24, 2.45) is 0 Å². The van der Waals surface area contributed by atoms with Crippen molar-refractivity contribution < 1.29 is 35.8 Å². The molecule has 0 N–H and O–H groups in total. The SMILES string of the molecule is O=P([O-])(C=CCC(F)(F)F)CC(F)(F)F. The van der Waals surface area contributed by atoms with E-state index in [0.717, 1.165) is 0 Å². The zero-order chi connectivity index (χ0) is 12.3. The van der Waals surface area contributed by atoms with Gasteiger partial charge in [-0.25, -0.2) is 0 Å². The minimum absolute atomic E-state index is 0.0476. The van der Waals surface area contributed by atoms with Crippen LogP contribution in [0.4, 0.5) is 26.3 Å². The summed E-state index contributed by atoms with van der Waals surface area (Å²) in [5.41, 5.74) is 0. The molecule has 0 saturated carbocycles. The second-order valence-corrected chi connectivity index (χ2v) is 4.77. The molecular formula is C6H6F6O2P-. The molecule has 0 saturated heterocycles. The van der Waals surface area contributed by atoms with Crippen LogP contribution in [0.1, 0.15) is 6.42 Å². The molecule has 0 heterocycles. The van der Waals surface area contributed by atoms with Crippen LogP contribution in [0.15, 0.2) is 11.9 Å². The highest BCUT2D eigenvalue weighted by Crippen LogP contribution is 2.43. The third-order valence-electron chi connectivity index (χ3n) is 1.08. The molecule has 0 rings (SSSR count). The van der Waals surface area contributed by atoms with Gasteiger partial charge in [-0.15, -0.1) is 0 Å². The fourth-order valence-electron chi connectivity index (χ4n) is 0.650. The Morgan fingerprint density at radius 2 is 1.53 bits per heavy atom. The van der Waals surface area contributed by atoms with E-state index < -0.39 is 32.3 Å². The highest BCUT2D eigenvalue weighted by atomic mass is 31.2. The predicted molar refractivity (Wildman–Crippen MR) is 38.3 cm³/mol. The van der Waals surface area contributed by atoms with Crippen LogP contribution < -0.4 is 4.89 Å². The number of hydrogen-bond acceptors (Lipinski definition) is 2. The van der Waals surface area contributed by atoms with Gasteiger partial charge in [-0.1, -0.05) is 6.08 Å². The monoisotopic (exact) mass is 255 g/mol. The van der Waals surface area contributed by atoms with Crippen LogP contribution in [-0.2, 0) is 4.57 Å². The summed E-state index contributed by atoms with van der Waals surface area (Å²) < 4.78 is 79.8. The van der Waals surface area contributed by atoms with E-state index in [2.05, 4.69) is 0 Å². The molecule has 0 aliphatic rings. The van der Waals surface area contributed by atoms with Crippen molar-refractivity contribution in [3.63, 3.8) is 0 Å². The predicted octanol–water partition coefficient (Wildman–Crippen LogP) is 2.65. The zero-order valence-corrected chi connectivity index (χ0v) is 7.99. The van der Waals surface area contributed by atoms with Gasteiger partial charge in [-0.05, 0) is 5.82 Å². The van der Waals surface area contributed by atoms with Crippen LogP contribution in [0.2, 0.25) is 0 Å². The average Bonchev–Trinajstić information content (AvgIpc) is 1.75. The maximum absolute atomic E-state index is 11.6. The molecule has 0 aromatic carbocycles. The van der Waals surface area contributed by atoms with Gasteiger partial charge in [0.25, 0.3) is 0 Å². The summed E-state index contributed by atoms with van der Waals surface area (Å²) in [6, 6.07) is 0. The molecule has 0 fully saturated rings. The van der Waals surface area contributed by atoms with E-state index in [9.17, 15) is 35.8 Å². The molecule has 1 unspecified atom stereocenters. The number of allylic oxidation sites excluding steroid dienone is 1. The molecule has 0 amide bonds. The van der Waals surface area contributed by atoms with Crippen molar-refractivity contribution in [2.45, 2.75) is 18.8 Å². The molecule has 15 heavy (non-hydrogen) atoms. The van der Waals surface area contributed by atoms with Gasteiger partial charge in [0.2, 0.25) is 0 Å². The lowest BCUT2D eigenvalue weighted by Gasteiger charge is -2.20. The fourth-order valence-corrected chi connectivity index (χ4v) is 1.68. The minimum atomic E-state index is -4.96. The van der Waals surface area contributed by atoms with Crippen molar-refractivity contribution in [2.75, 3.05) is 6.16 Å². The third kappa shape index (κ3) is 9.81. The second kappa shape index (κ2) is 4.57. The van der Waals surface area contributed by atoms with Crippen LogP contribution in [0.3, 0.4) is 0 Å². The molecule has 0 spiro atoms. The topological polar surface area (TPSA) is 40.1 Å². The first-order valence-corrected chi connectivity index (χ1v) is 5.40. The van der Waals surface area contributed by atoms with E-state index in [4.69, 9.17) is 0 Å². The average molecular weight is 255 g/mol. The summed E-state index contributed by atoms with van der Waals surface area (Å²) in [5, 5.41) is 0. The summed E-state index contributed by atoms with van der Waals surface area (Å²) in [6.45, 7) is 0. The molecule has 0 aliphatic heterocycles. The number of halogens is 6. The Hall–Kier alpha value is -0.490. The highest BCUT2D eigenvalue weighted by molar-refractivity contribution is 7.59. The smallest absolute Gasteiger partial charge is 0.394 e. The molecule has 0 radical (unpaired) electrons. The first-order valence-electron chi connectivity index (χ1n) is 3.52. The lowest BCUT2D eigenvalue weighted by atomic mass is 10.4. The van der Waals surface area contributed by atoms with Crippen molar-refractivity contribution in [1.82, 2.24) is 0 Å². The first kappa shape index (κ1) is 14.5. The number of alkyl halides is 6. The Kier molecular flexibility index (Phi) is 4.42. The third-order valence-corrected chi connectivity index (χ3v) is 2.55.